The zero-order valence-corrected chi connectivity index (χ0v) is 21.4. The van der Waals surface area contributed by atoms with Crippen molar-refractivity contribution in [1.29, 1.82) is 0 Å². The molecule has 0 saturated carbocycles. The summed E-state index contributed by atoms with van der Waals surface area (Å²) in [6, 6.07) is 10.8. The van der Waals surface area contributed by atoms with E-state index in [4.69, 9.17) is 4.98 Å². The molecular weight excluding hydrogens is 488 g/mol. The first-order chi connectivity index (χ1) is 17.9. The Hall–Kier alpha value is -4.02. The van der Waals surface area contributed by atoms with Crippen LogP contribution in [-0.2, 0) is 6.54 Å². The number of aromatic amines is 1. The van der Waals surface area contributed by atoms with Crippen molar-refractivity contribution in [3.05, 3.63) is 76.4 Å². The SMILES string of the molecule is CC(C)C[C@@H](CO)NC(=O)c1c(-c2ccsc2)nc2c(C(=O)NCc3ccc4[nH]ncc4c3)cccn12. The number of hydrogen-bond donors (Lipinski definition) is 4. The third kappa shape index (κ3) is 5.11. The van der Waals surface area contributed by atoms with Crippen LogP contribution in [0.2, 0.25) is 0 Å². The first-order valence-electron chi connectivity index (χ1n) is 12.1. The number of thiophene rings is 1. The summed E-state index contributed by atoms with van der Waals surface area (Å²) in [6.45, 7) is 4.25. The number of fused-ring (bicyclic) bond motifs is 2. The average Bonchev–Trinajstić information content (AvgIpc) is 3.65. The van der Waals surface area contributed by atoms with E-state index in [9.17, 15) is 14.7 Å². The Morgan fingerprint density at radius 2 is 2.05 bits per heavy atom. The number of imidazole rings is 1. The number of aliphatic hydroxyl groups is 1. The third-order valence-electron chi connectivity index (χ3n) is 6.17. The number of rotatable bonds is 9. The number of carbonyl (C=O) groups is 2. The smallest absolute Gasteiger partial charge is 0.270 e. The van der Waals surface area contributed by atoms with Crippen molar-refractivity contribution in [3.8, 4) is 11.3 Å². The van der Waals surface area contributed by atoms with E-state index in [2.05, 4.69) is 20.8 Å². The fourth-order valence-corrected chi connectivity index (χ4v) is 5.08. The number of nitrogens with one attached hydrogen (secondary N) is 3. The molecule has 0 aliphatic carbocycles. The molecule has 0 radical (unpaired) electrons. The van der Waals surface area contributed by atoms with Crippen molar-refractivity contribution in [3.63, 3.8) is 0 Å². The van der Waals surface area contributed by atoms with Gasteiger partial charge in [-0.05, 0) is 53.6 Å². The predicted molar refractivity (Wildman–Crippen MR) is 144 cm³/mol. The van der Waals surface area contributed by atoms with E-state index >= 15 is 0 Å². The van der Waals surface area contributed by atoms with Crippen LogP contribution in [0.5, 0.6) is 0 Å². The first kappa shape index (κ1) is 24.7. The first-order valence-corrected chi connectivity index (χ1v) is 13.0. The van der Waals surface area contributed by atoms with Gasteiger partial charge in [0, 0.05) is 29.1 Å². The normalized spacial score (nSPS) is 12.3. The van der Waals surface area contributed by atoms with Crippen molar-refractivity contribution in [2.24, 2.45) is 5.92 Å². The molecule has 37 heavy (non-hydrogen) atoms. The van der Waals surface area contributed by atoms with Gasteiger partial charge in [0.15, 0.2) is 5.65 Å². The quantitative estimate of drug-likeness (QED) is 0.236. The molecule has 0 unspecified atom stereocenters. The topological polar surface area (TPSA) is 124 Å². The number of aliphatic hydroxyl groups excluding tert-OH is 1. The molecule has 0 aliphatic heterocycles. The van der Waals surface area contributed by atoms with E-state index in [0.717, 1.165) is 22.0 Å². The lowest BCUT2D eigenvalue weighted by Gasteiger charge is -2.18. The van der Waals surface area contributed by atoms with Crippen molar-refractivity contribution >= 4 is 39.7 Å². The van der Waals surface area contributed by atoms with Gasteiger partial charge in [-0.1, -0.05) is 19.9 Å². The highest BCUT2D eigenvalue weighted by Gasteiger charge is 2.25. The minimum absolute atomic E-state index is 0.160. The number of nitrogens with zero attached hydrogens (tertiary/aromatic N) is 3. The van der Waals surface area contributed by atoms with E-state index in [1.165, 1.54) is 11.3 Å². The molecule has 0 aliphatic rings. The molecule has 0 saturated heterocycles. The van der Waals surface area contributed by atoms with Crippen LogP contribution in [0, 0.1) is 5.92 Å². The van der Waals surface area contributed by atoms with Gasteiger partial charge >= 0.3 is 0 Å². The highest BCUT2D eigenvalue weighted by molar-refractivity contribution is 7.08. The fraction of sp³-hybridized carbons (Fsp3) is 0.259. The molecule has 4 N–H and O–H groups in total. The molecule has 1 atom stereocenters. The molecule has 2 amide bonds. The van der Waals surface area contributed by atoms with Gasteiger partial charge in [-0.15, -0.1) is 0 Å². The van der Waals surface area contributed by atoms with Gasteiger partial charge in [-0.25, -0.2) is 4.98 Å². The van der Waals surface area contributed by atoms with E-state index in [1.807, 2.05) is 48.9 Å². The van der Waals surface area contributed by atoms with Crippen molar-refractivity contribution in [2.45, 2.75) is 32.9 Å². The maximum absolute atomic E-state index is 13.5. The molecule has 0 fully saturated rings. The van der Waals surface area contributed by atoms with Crippen LogP contribution in [-0.4, -0.2) is 49.2 Å². The summed E-state index contributed by atoms with van der Waals surface area (Å²) >= 11 is 1.50. The zero-order valence-electron chi connectivity index (χ0n) is 20.6. The van der Waals surface area contributed by atoms with Gasteiger partial charge in [0.2, 0.25) is 0 Å². The maximum atomic E-state index is 13.5. The summed E-state index contributed by atoms with van der Waals surface area (Å²) in [6.07, 6.45) is 4.12. The molecule has 4 heterocycles. The Kier molecular flexibility index (Phi) is 7.02. The monoisotopic (exact) mass is 516 g/mol. The van der Waals surface area contributed by atoms with Gasteiger partial charge in [0.1, 0.15) is 11.4 Å². The molecule has 1 aromatic carbocycles. The predicted octanol–water partition coefficient (Wildman–Crippen LogP) is 4.01. The van der Waals surface area contributed by atoms with Gasteiger partial charge < -0.3 is 15.7 Å². The van der Waals surface area contributed by atoms with E-state index in [0.29, 0.717) is 41.5 Å². The molecule has 4 aromatic heterocycles. The lowest BCUT2D eigenvalue weighted by atomic mass is 10.0. The third-order valence-corrected chi connectivity index (χ3v) is 6.86. The summed E-state index contributed by atoms with van der Waals surface area (Å²) in [5.41, 5.74) is 4.24. The Labute approximate surface area is 217 Å². The molecule has 0 bridgehead atoms. The van der Waals surface area contributed by atoms with Crippen LogP contribution >= 0.6 is 11.3 Å². The molecule has 190 valence electrons. The summed E-state index contributed by atoms with van der Waals surface area (Å²) in [4.78, 5) is 31.5. The highest BCUT2D eigenvalue weighted by atomic mass is 32.1. The molecule has 5 rings (SSSR count). The minimum Gasteiger partial charge on any atom is -0.394 e. The van der Waals surface area contributed by atoms with E-state index in [-0.39, 0.29) is 24.5 Å². The van der Waals surface area contributed by atoms with Gasteiger partial charge in [-0.2, -0.15) is 16.4 Å². The highest BCUT2D eigenvalue weighted by Crippen LogP contribution is 2.28. The maximum Gasteiger partial charge on any atom is 0.270 e. The largest absolute Gasteiger partial charge is 0.394 e. The average molecular weight is 517 g/mol. The van der Waals surface area contributed by atoms with Gasteiger partial charge in [0.25, 0.3) is 11.8 Å². The van der Waals surface area contributed by atoms with E-state index < -0.39 is 0 Å². The number of H-pyrrole nitrogens is 1. The number of pyridine rings is 1. The second-order valence-corrected chi connectivity index (χ2v) is 10.2. The van der Waals surface area contributed by atoms with Crippen LogP contribution < -0.4 is 10.6 Å². The molecule has 0 spiro atoms. The second-order valence-electron chi connectivity index (χ2n) is 9.39. The standard InChI is InChI=1S/C27H28N6O3S/c1-16(2)10-20(14-34)30-27(36)24-23(18-7-9-37-15-18)31-25-21(4-3-8-33(24)25)26(35)28-12-17-5-6-22-19(11-17)13-29-32-22/h3-9,11,13,15-16,20,34H,10,12,14H2,1-2H3,(H,28,35)(H,29,32)(H,30,36)/t20-/m0/s1. The number of aromatic nitrogens is 4. The second kappa shape index (κ2) is 10.5. The Balaban J connectivity index is 1.47. The van der Waals surface area contributed by atoms with Crippen molar-refractivity contribution in [1.82, 2.24) is 30.2 Å². The summed E-state index contributed by atoms with van der Waals surface area (Å²) in [5.74, 6) is -0.334. The lowest BCUT2D eigenvalue weighted by molar-refractivity contribution is 0.0901. The van der Waals surface area contributed by atoms with Crippen molar-refractivity contribution < 1.29 is 14.7 Å². The van der Waals surface area contributed by atoms with Crippen LogP contribution in [0.4, 0.5) is 0 Å². The van der Waals surface area contributed by atoms with Gasteiger partial charge in [-0.3, -0.25) is 19.1 Å². The summed E-state index contributed by atoms with van der Waals surface area (Å²) in [5, 5.41) is 27.5. The Morgan fingerprint density at radius 3 is 2.81 bits per heavy atom. The molecule has 10 heteroatoms. The number of benzene rings is 1. The van der Waals surface area contributed by atoms with Crippen LogP contribution in [0.25, 0.3) is 27.8 Å². The molecular formula is C27H28N6O3S. The Morgan fingerprint density at radius 1 is 1.19 bits per heavy atom. The fourth-order valence-electron chi connectivity index (χ4n) is 4.44. The van der Waals surface area contributed by atoms with Gasteiger partial charge in [0.05, 0.1) is 29.9 Å². The lowest BCUT2D eigenvalue weighted by Crippen LogP contribution is -2.39. The Bertz CT molecular complexity index is 1550. The van der Waals surface area contributed by atoms with Crippen LogP contribution in [0.1, 0.15) is 46.7 Å². The number of hydrogen-bond acceptors (Lipinski definition) is 6. The molecule has 5 aromatic rings. The number of carbonyl (C=O) groups excluding carboxylic acids is 2. The van der Waals surface area contributed by atoms with E-state index in [1.54, 1.807) is 28.9 Å². The zero-order chi connectivity index (χ0) is 25.9. The van der Waals surface area contributed by atoms with Crippen LogP contribution in [0.3, 0.4) is 0 Å². The minimum atomic E-state index is -0.382. The summed E-state index contributed by atoms with van der Waals surface area (Å²) < 4.78 is 1.65. The van der Waals surface area contributed by atoms with Crippen molar-refractivity contribution in [2.75, 3.05) is 6.61 Å². The molecule has 9 nitrogen and oxygen atoms in total. The number of amides is 2. The van der Waals surface area contributed by atoms with Crippen LogP contribution in [0.15, 0.2) is 59.6 Å². The summed E-state index contributed by atoms with van der Waals surface area (Å²) in [7, 11) is 0.